The zero-order chi connectivity index (χ0) is 18.0. The second-order valence-corrected chi connectivity index (χ2v) is 6.69. The summed E-state index contributed by atoms with van der Waals surface area (Å²) in [6, 6.07) is 4.49. The molecule has 1 aliphatic rings. The molecule has 0 amide bonds. The summed E-state index contributed by atoms with van der Waals surface area (Å²) in [5, 5.41) is 0. The number of benzene rings is 1. The summed E-state index contributed by atoms with van der Waals surface area (Å²) < 4.78 is 81.0. The van der Waals surface area contributed by atoms with E-state index in [-0.39, 0.29) is 25.3 Å². The van der Waals surface area contributed by atoms with Crippen molar-refractivity contribution in [3.8, 4) is 5.75 Å². The maximum absolute atomic E-state index is 12.9. The molecule has 1 aliphatic heterocycles. The highest BCUT2D eigenvalue weighted by atomic mass is 79.9. The summed E-state index contributed by atoms with van der Waals surface area (Å²) >= 11 is 3.22. The van der Waals surface area contributed by atoms with Crippen molar-refractivity contribution >= 4 is 15.9 Å². The Morgan fingerprint density at radius 1 is 1.17 bits per heavy atom. The lowest BCUT2D eigenvalue weighted by Gasteiger charge is -2.34. The molecule has 136 valence electrons. The molecule has 1 saturated heterocycles. The van der Waals surface area contributed by atoms with E-state index in [9.17, 15) is 26.3 Å². The Kier molecular flexibility index (Phi) is 6.06. The van der Waals surface area contributed by atoms with Crippen molar-refractivity contribution in [2.24, 2.45) is 5.92 Å². The van der Waals surface area contributed by atoms with E-state index in [1.807, 2.05) is 0 Å². The molecule has 1 aromatic carbocycles. The molecule has 2 nitrogen and oxygen atoms in total. The number of alkyl halides is 6. The van der Waals surface area contributed by atoms with E-state index in [4.69, 9.17) is 4.74 Å². The van der Waals surface area contributed by atoms with Gasteiger partial charge in [-0.05, 0) is 37.6 Å². The standard InChI is InChI=1S/C15H16BrF6NO/c16-12-3-4-13(24-9-14(17,18)19)10(6-12)7-23-5-1-2-11(8-23)15(20,21)22/h3-4,6,11H,1-2,5,7-9H2. The first-order valence-corrected chi connectivity index (χ1v) is 8.11. The molecule has 0 radical (unpaired) electrons. The number of likely N-dealkylation sites (tertiary alicyclic amines) is 1. The van der Waals surface area contributed by atoms with Gasteiger partial charge in [-0.3, -0.25) is 4.90 Å². The lowest BCUT2D eigenvalue weighted by Crippen LogP contribution is -2.41. The lowest BCUT2D eigenvalue weighted by molar-refractivity contribution is -0.187. The van der Waals surface area contributed by atoms with Crippen LogP contribution in [-0.4, -0.2) is 36.9 Å². The molecule has 1 fully saturated rings. The molecule has 1 aromatic rings. The molecule has 2 rings (SSSR count). The number of hydrogen-bond acceptors (Lipinski definition) is 2. The van der Waals surface area contributed by atoms with Gasteiger partial charge in [-0.2, -0.15) is 26.3 Å². The second kappa shape index (κ2) is 7.51. The van der Waals surface area contributed by atoms with Gasteiger partial charge in [0.1, 0.15) is 5.75 Å². The fourth-order valence-electron chi connectivity index (χ4n) is 2.68. The number of hydrogen-bond donors (Lipinski definition) is 0. The van der Waals surface area contributed by atoms with Crippen molar-refractivity contribution in [2.45, 2.75) is 31.7 Å². The molecule has 24 heavy (non-hydrogen) atoms. The van der Waals surface area contributed by atoms with Crippen LogP contribution in [0.4, 0.5) is 26.3 Å². The summed E-state index contributed by atoms with van der Waals surface area (Å²) in [6.07, 6.45) is -8.25. The third kappa shape index (κ3) is 5.84. The van der Waals surface area contributed by atoms with Crippen LogP contribution >= 0.6 is 15.9 Å². The van der Waals surface area contributed by atoms with Gasteiger partial charge in [-0.25, -0.2) is 0 Å². The van der Waals surface area contributed by atoms with Gasteiger partial charge in [-0.15, -0.1) is 0 Å². The molecule has 1 heterocycles. The van der Waals surface area contributed by atoms with Gasteiger partial charge in [0.25, 0.3) is 0 Å². The zero-order valence-electron chi connectivity index (χ0n) is 12.6. The molecule has 0 aliphatic carbocycles. The Morgan fingerprint density at radius 3 is 2.50 bits per heavy atom. The van der Waals surface area contributed by atoms with E-state index in [0.29, 0.717) is 23.0 Å². The van der Waals surface area contributed by atoms with Gasteiger partial charge in [0.2, 0.25) is 0 Å². The molecule has 0 spiro atoms. The third-order valence-corrected chi connectivity index (χ3v) is 4.27. The average molecular weight is 420 g/mol. The van der Waals surface area contributed by atoms with E-state index in [2.05, 4.69) is 15.9 Å². The van der Waals surface area contributed by atoms with Gasteiger partial charge < -0.3 is 4.74 Å². The summed E-state index contributed by atoms with van der Waals surface area (Å²) in [4.78, 5) is 1.60. The van der Waals surface area contributed by atoms with Crippen LogP contribution in [0.3, 0.4) is 0 Å². The fraction of sp³-hybridized carbons (Fsp3) is 0.600. The number of piperidine rings is 1. The van der Waals surface area contributed by atoms with Crippen LogP contribution in [0.15, 0.2) is 22.7 Å². The molecule has 0 N–H and O–H groups in total. The summed E-state index contributed by atoms with van der Waals surface area (Å²) in [7, 11) is 0. The summed E-state index contributed by atoms with van der Waals surface area (Å²) in [6.45, 7) is -1.02. The van der Waals surface area contributed by atoms with Gasteiger partial charge in [-0.1, -0.05) is 15.9 Å². The first kappa shape index (κ1) is 19.4. The van der Waals surface area contributed by atoms with Crippen LogP contribution < -0.4 is 4.74 Å². The minimum atomic E-state index is -4.48. The van der Waals surface area contributed by atoms with Gasteiger partial charge in [0, 0.05) is 23.1 Å². The van der Waals surface area contributed by atoms with Gasteiger partial charge >= 0.3 is 12.4 Å². The second-order valence-electron chi connectivity index (χ2n) is 5.77. The highest BCUT2D eigenvalue weighted by molar-refractivity contribution is 9.10. The van der Waals surface area contributed by atoms with Crippen molar-refractivity contribution in [3.05, 3.63) is 28.2 Å². The fourth-order valence-corrected chi connectivity index (χ4v) is 3.09. The minimum absolute atomic E-state index is 0.0321. The Hall–Kier alpha value is -0.960. The molecule has 1 atom stereocenters. The van der Waals surface area contributed by atoms with E-state index < -0.39 is 24.9 Å². The van der Waals surface area contributed by atoms with Gasteiger partial charge in [0.15, 0.2) is 6.61 Å². The number of halogens is 7. The van der Waals surface area contributed by atoms with E-state index in [1.165, 1.54) is 12.1 Å². The van der Waals surface area contributed by atoms with E-state index in [1.54, 1.807) is 11.0 Å². The largest absolute Gasteiger partial charge is 0.484 e. The number of nitrogens with zero attached hydrogens (tertiary/aromatic N) is 1. The molecule has 0 aromatic heterocycles. The van der Waals surface area contributed by atoms with Crippen LogP contribution in [-0.2, 0) is 6.54 Å². The van der Waals surface area contributed by atoms with Crippen LogP contribution in [0, 0.1) is 5.92 Å². The van der Waals surface area contributed by atoms with Crippen molar-refractivity contribution in [1.82, 2.24) is 4.90 Å². The Balaban J connectivity index is 2.09. The topological polar surface area (TPSA) is 12.5 Å². The molecular weight excluding hydrogens is 404 g/mol. The van der Waals surface area contributed by atoms with Crippen LogP contribution in [0.25, 0.3) is 0 Å². The monoisotopic (exact) mass is 419 g/mol. The summed E-state index contributed by atoms with van der Waals surface area (Å²) in [5.74, 6) is -1.37. The first-order valence-electron chi connectivity index (χ1n) is 7.31. The average Bonchev–Trinajstić information content (AvgIpc) is 2.45. The normalized spacial score (nSPS) is 20.2. The predicted octanol–water partition coefficient (Wildman–Crippen LogP) is 5.16. The summed E-state index contributed by atoms with van der Waals surface area (Å²) in [5.41, 5.74) is 0.427. The van der Waals surface area contributed by atoms with Crippen molar-refractivity contribution < 1.29 is 31.1 Å². The highest BCUT2D eigenvalue weighted by Gasteiger charge is 2.41. The smallest absolute Gasteiger partial charge is 0.422 e. The van der Waals surface area contributed by atoms with Crippen molar-refractivity contribution in [1.29, 1.82) is 0 Å². The predicted molar refractivity (Wildman–Crippen MR) is 79.7 cm³/mol. The molecule has 0 saturated carbocycles. The SMILES string of the molecule is FC(F)(F)COc1ccc(Br)cc1CN1CCCC(C(F)(F)F)C1. The van der Waals surface area contributed by atoms with E-state index >= 15 is 0 Å². The van der Waals surface area contributed by atoms with Crippen LogP contribution in [0.1, 0.15) is 18.4 Å². The Bertz CT molecular complexity index is 560. The first-order chi connectivity index (χ1) is 11.0. The maximum atomic E-state index is 12.9. The Labute approximate surface area is 143 Å². The molecule has 9 heteroatoms. The quantitative estimate of drug-likeness (QED) is 0.624. The van der Waals surface area contributed by atoms with E-state index in [0.717, 1.165) is 0 Å². The van der Waals surface area contributed by atoms with Gasteiger partial charge in [0.05, 0.1) is 5.92 Å². The molecule has 1 unspecified atom stereocenters. The zero-order valence-corrected chi connectivity index (χ0v) is 14.1. The molecule has 0 bridgehead atoms. The Morgan fingerprint density at radius 2 is 1.88 bits per heavy atom. The van der Waals surface area contributed by atoms with Crippen LogP contribution in [0.2, 0.25) is 0 Å². The van der Waals surface area contributed by atoms with Crippen molar-refractivity contribution in [2.75, 3.05) is 19.7 Å². The number of ether oxygens (including phenoxy) is 1. The van der Waals surface area contributed by atoms with Crippen LogP contribution in [0.5, 0.6) is 5.75 Å². The lowest BCUT2D eigenvalue weighted by atomic mass is 9.97. The number of rotatable bonds is 4. The highest BCUT2D eigenvalue weighted by Crippen LogP contribution is 2.34. The van der Waals surface area contributed by atoms with Crippen molar-refractivity contribution in [3.63, 3.8) is 0 Å². The minimum Gasteiger partial charge on any atom is -0.484 e. The maximum Gasteiger partial charge on any atom is 0.422 e. The molecular formula is C15H16BrF6NO. The third-order valence-electron chi connectivity index (χ3n) is 3.78.